The fourth-order valence-corrected chi connectivity index (χ4v) is 3.29. The Labute approximate surface area is 122 Å². The van der Waals surface area contributed by atoms with Crippen LogP contribution in [0.5, 0.6) is 0 Å². The monoisotopic (exact) mass is 313 g/mol. The largest absolute Gasteiger partial charge is 0.478 e. The van der Waals surface area contributed by atoms with Crippen LogP contribution in [0.2, 0.25) is 0 Å². The maximum Gasteiger partial charge on any atom is 0.338 e. The molecule has 2 N–H and O–H groups in total. The van der Waals surface area contributed by atoms with Crippen LogP contribution < -0.4 is 4.72 Å². The molecule has 0 atom stereocenters. The lowest BCUT2D eigenvalue weighted by molar-refractivity contribution is 0.0691. The summed E-state index contributed by atoms with van der Waals surface area (Å²) in [7, 11) is -3.83. The Balaban J connectivity index is 2.08. The quantitative estimate of drug-likeness (QED) is 0.789. The molecule has 0 heterocycles. The van der Waals surface area contributed by atoms with Crippen molar-refractivity contribution in [2.75, 3.05) is 6.54 Å². The van der Waals surface area contributed by atoms with Crippen molar-refractivity contribution in [3.63, 3.8) is 0 Å². The van der Waals surface area contributed by atoms with Gasteiger partial charge in [-0.1, -0.05) is 11.6 Å². The molecule has 0 spiro atoms. The van der Waals surface area contributed by atoms with Gasteiger partial charge in [-0.3, -0.25) is 0 Å². The Kier molecular flexibility index (Phi) is 4.74. The second-order valence-corrected chi connectivity index (χ2v) is 6.62. The molecule has 1 aromatic rings. The Hall–Kier alpha value is -1.73. The van der Waals surface area contributed by atoms with Crippen LogP contribution >= 0.6 is 0 Å². The molecule has 0 aliphatic heterocycles. The molecule has 7 heteroatoms. The zero-order chi connectivity index (χ0) is 15.5. The number of carboxylic acid groups (broad SMARTS) is 1. The van der Waals surface area contributed by atoms with Crippen molar-refractivity contribution < 1.29 is 22.7 Å². The van der Waals surface area contributed by atoms with Gasteiger partial charge in [0.2, 0.25) is 10.0 Å². The van der Waals surface area contributed by atoms with Gasteiger partial charge in [-0.05, 0) is 43.9 Å². The van der Waals surface area contributed by atoms with Crippen LogP contribution in [0.15, 0.2) is 34.7 Å². The van der Waals surface area contributed by atoms with E-state index in [4.69, 9.17) is 5.11 Å². The highest BCUT2D eigenvalue weighted by Gasteiger charge is 2.19. The molecule has 0 fully saturated rings. The van der Waals surface area contributed by atoms with Crippen LogP contribution in [0.3, 0.4) is 0 Å². The van der Waals surface area contributed by atoms with Crippen LogP contribution in [0.4, 0.5) is 4.39 Å². The van der Waals surface area contributed by atoms with Gasteiger partial charge in [0.25, 0.3) is 0 Å². The highest BCUT2D eigenvalue weighted by Crippen LogP contribution is 2.20. The number of benzene rings is 1. The summed E-state index contributed by atoms with van der Waals surface area (Å²) in [4.78, 5) is 10.6. The van der Waals surface area contributed by atoms with E-state index in [0.717, 1.165) is 37.5 Å². The molecule has 0 bridgehead atoms. The molecule has 2 rings (SSSR count). The van der Waals surface area contributed by atoms with E-state index in [1.165, 1.54) is 5.57 Å². The van der Waals surface area contributed by atoms with Gasteiger partial charge in [0.05, 0.1) is 10.5 Å². The maximum absolute atomic E-state index is 13.3. The highest BCUT2D eigenvalue weighted by molar-refractivity contribution is 7.89. The first-order chi connectivity index (χ1) is 9.90. The molecule has 21 heavy (non-hydrogen) atoms. The first kappa shape index (κ1) is 15.7. The van der Waals surface area contributed by atoms with Gasteiger partial charge in [0.15, 0.2) is 0 Å². The van der Waals surface area contributed by atoms with E-state index in [1.54, 1.807) is 0 Å². The molecule has 0 radical (unpaired) electrons. The fraction of sp³-hybridized carbons (Fsp3) is 0.357. The molecule has 0 saturated carbocycles. The third-order valence-corrected chi connectivity index (χ3v) is 4.81. The van der Waals surface area contributed by atoms with Gasteiger partial charge in [-0.25, -0.2) is 22.3 Å². The summed E-state index contributed by atoms with van der Waals surface area (Å²) in [6.07, 6.45) is 5.85. The van der Waals surface area contributed by atoms with Gasteiger partial charge in [0, 0.05) is 6.54 Å². The topological polar surface area (TPSA) is 83.5 Å². The molecular weight excluding hydrogens is 297 g/mol. The standard InChI is InChI=1S/C14H16FNO4S/c15-13-6-5-11(9-12(13)14(17)18)21(19,20)16-8-7-10-3-1-2-4-10/h3,5-6,9,16H,1-2,4,7-8H2,(H,17,18). The van der Waals surface area contributed by atoms with E-state index < -0.39 is 27.4 Å². The summed E-state index contributed by atoms with van der Waals surface area (Å²) in [5.41, 5.74) is 0.569. The summed E-state index contributed by atoms with van der Waals surface area (Å²) in [6.45, 7) is 0.244. The predicted molar refractivity (Wildman–Crippen MR) is 75.1 cm³/mol. The normalized spacial score (nSPS) is 15.0. The first-order valence-corrected chi connectivity index (χ1v) is 8.09. The summed E-state index contributed by atoms with van der Waals surface area (Å²) >= 11 is 0. The highest BCUT2D eigenvalue weighted by atomic mass is 32.2. The fourth-order valence-electron chi connectivity index (χ4n) is 2.23. The van der Waals surface area contributed by atoms with E-state index in [2.05, 4.69) is 10.8 Å². The van der Waals surface area contributed by atoms with Crippen LogP contribution in [0, 0.1) is 5.82 Å². The smallest absolute Gasteiger partial charge is 0.338 e. The predicted octanol–water partition coefficient (Wildman–Crippen LogP) is 2.30. The van der Waals surface area contributed by atoms with Crippen molar-refractivity contribution in [1.82, 2.24) is 4.72 Å². The van der Waals surface area contributed by atoms with Crippen molar-refractivity contribution in [3.05, 3.63) is 41.2 Å². The van der Waals surface area contributed by atoms with Crippen LogP contribution in [0.25, 0.3) is 0 Å². The minimum absolute atomic E-state index is 0.244. The third-order valence-electron chi connectivity index (χ3n) is 3.35. The molecule has 0 unspecified atom stereocenters. The number of hydrogen-bond acceptors (Lipinski definition) is 3. The minimum Gasteiger partial charge on any atom is -0.478 e. The number of aromatic carboxylic acids is 1. The van der Waals surface area contributed by atoms with Crippen molar-refractivity contribution in [2.45, 2.75) is 30.6 Å². The molecule has 1 aliphatic rings. The van der Waals surface area contributed by atoms with Crippen LogP contribution in [0.1, 0.15) is 36.0 Å². The molecule has 5 nitrogen and oxygen atoms in total. The molecule has 0 amide bonds. The molecule has 1 aliphatic carbocycles. The van der Waals surface area contributed by atoms with E-state index in [-0.39, 0.29) is 11.4 Å². The molecule has 0 saturated heterocycles. The average Bonchev–Trinajstić information content (AvgIpc) is 2.91. The lowest BCUT2D eigenvalue weighted by atomic mass is 10.2. The average molecular weight is 313 g/mol. The molecule has 0 aromatic heterocycles. The number of hydrogen-bond donors (Lipinski definition) is 2. The number of nitrogens with one attached hydrogen (secondary N) is 1. The number of carbonyl (C=O) groups is 1. The van der Waals surface area contributed by atoms with Crippen LogP contribution in [-0.4, -0.2) is 26.0 Å². The summed E-state index contributed by atoms with van der Waals surface area (Å²) in [5, 5.41) is 8.81. The van der Waals surface area contributed by atoms with Gasteiger partial charge in [-0.15, -0.1) is 0 Å². The van der Waals surface area contributed by atoms with Gasteiger partial charge in [-0.2, -0.15) is 0 Å². The summed E-state index contributed by atoms with van der Waals surface area (Å²) in [6, 6.07) is 2.73. The second-order valence-electron chi connectivity index (χ2n) is 4.85. The van der Waals surface area contributed by atoms with Crippen molar-refractivity contribution >= 4 is 16.0 Å². The number of carboxylic acids is 1. The molecular formula is C14H16FNO4S. The third kappa shape index (κ3) is 3.89. The van der Waals surface area contributed by atoms with Gasteiger partial charge >= 0.3 is 5.97 Å². The van der Waals surface area contributed by atoms with Gasteiger partial charge < -0.3 is 5.11 Å². The van der Waals surface area contributed by atoms with Crippen molar-refractivity contribution in [2.24, 2.45) is 0 Å². The number of sulfonamides is 1. The lowest BCUT2D eigenvalue weighted by Gasteiger charge is -2.08. The molecule has 114 valence electrons. The Morgan fingerprint density at radius 1 is 1.38 bits per heavy atom. The minimum atomic E-state index is -3.83. The van der Waals surface area contributed by atoms with E-state index in [0.29, 0.717) is 6.42 Å². The second kappa shape index (κ2) is 6.36. The number of rotatable bonds is 6. The summed E-state index contributed by atoms with van der Waals surface area (Å²) < 4.78 is 39.8. The van der Waals surface area contributed by atoms with Gasteiger partial charge in [0.1, 0.15) is 5.82 Å². The van der Waals surface area contributed by atoms with E-state index in [1.807, 2.05) is 0 Å². The Morgan fingerprint density at radius 3 is 2.76 bits per heavy atom. The first-order valence-electron chi connectivity index (χ1n) is 6.60. The Morgan fingerprint density at radius 2 is 2.14 bits per heavy atom. The molecule has 1 aromatic carbocycles. The number of allylic oxidation sites excluding steroid dienone is 1. The zero-order valence-electron chi connectivity index (χ0n) is 11.3. The zero-order valence-corrected chi connectivity index (χ0v) is 12.1. The summed E-state index contributed by atoms with van der Waals surface area (Å²) in [5.74, 6) is -2.46. The SMILES string of the molecule is O=C(O)c1cc(S(=O)(=O)NCCC2=CCCC2)ccc1F. The Bertz CT molecular complexity index is 682. The van der Waals surface area contributed by atoms with Crippen molar-refractivity contribution in [3.8, 4) is 0 Å². The maximum atomic E-state index is 13.3. The number of halogens is 1. The van der Waals surface area contributed by atoms with E-state index >= 15 is 0 Å². The van der Waals surface area contributed by atoms with Crippen molar-refractivity contribution in [1.29, 1.82) is 0 Å². The lowest BCUT2D eigenvalue weighted by Crippen LogP contribution is -2.25. The van der Waals surface area contributed by atoms with Crippen LogP contribution in [-0.2, 0) is 10.0 Å². The van der Waals surface area contributed by atoms with E-state index in [9.17, 15) is 17.6 Å².